The highest BCUT2D eigenvalue weighted by molar-refractivity contribution is 5.87. The fraction of sp³-hybridized carbons (Fsp3) is 0.517. The van der Waals surface area contributed by atoms with Crippen LogP contribution in [0.3, 0.4) is 0 Å². The molecule has 2 fully saturated rings. The summed E-state index contributed by atoms with van der Waals surface area (Å²) in [5.74, 6) is 0.230. The lowest BCUT2D eigenvalue weighted by Gasteiger charge is -2.37. The Morgan fingerprint density at radius 1 is 1.08 bits per heavy atom. The minimum atomic E-state index is -0.431. The van der Waals surface area contributed by atoms with Gasteiger partial charge in [-0.15, -0.1) is 0 Å². The van der Waals surface area contributed by atoms with Gasteiger partial charge in [0.25, 0.3) is 0 Å². The lowest BCUT2D eigenvalue weighted by atomic mass is 10.0. The number of imidazole rings is 1. The van der Waals surface area contributed by atoms with Gasteiger partial charge in [-0.25, -0.2) is 9.37 Å². The van der Waals surface area contributed by atoms with Crippen molar-refractivity contribution in [3.8, 4) is 17.1 Å². The maximum atomic E-state index is 14.1. The number of halogens is 1. The first-order chi connectivity index (χ1) is 17.7. The molecule has 1 amide bonds. The van der Waals surface area contributed by atoms with Gasteiger partial charge >= 0.3 is 0 Å². The number of hydrogen-bond acceptors (Lipinski definition) is 5. The minimum absolute atomic E-state index is 0.102. The third-order valence-electron chi connectivity index (χ3n) is 7.44. The molecule has 1 aromatic heterocycles. The summed E-state index contributed by atoms with van der Waals surface area (Å²) in [5, 5.41) is 3.04. The van der Waals surface area contributed by atoms with Crippen LogP contribution in [0.15, 0.2) is 36.4 Å². The van der Waals surface area contributed by atoms with Gasteiger partial charge in [0.05, 0.1) is 18.1 Å². The molecular formula is C29H38FN5O2. The number of likely N-dealkylation sites (tertiary alicyclic amines) is 1. The molecule has 0 radical (unpaired) electrons. The highest BCUT2D eigenvalue weighted by Gasteiger charge is 2.27. The average molecular weight is 508 g/mol. The molecule has 2 saturated heterocycles. The number of methoxy groups -OCH3 is 1. The number of anilines is 1. The number of fused-ring (bicyclic) bond motifs is 1. The molecule has 8 heteroatoms. The number of piperidine rings is 1. The number of nitrogens with one attached hydrogen (secondary N) is 1. The highest BCUT2D eigenvalue weighted by atomic mass is 19.1. The Balaban J connectivity index is 1.46. The SMILES string of the molecule is COc1cc(-c2nc3cc(N4CCC(N5CCCC5)CC4)ccc3n2CC(=O)NC(C)(C)C)ccc1F. The number of carbonyl (C=O) groups excluding carboxylic acids is 1. The molecule has 37 heavy (non-hydrogen) atoms. The van der Waals surface area contributed by atoms with Crippen molar-refractivity contribution in [3.05, 3.63) is 42.2 Å². The van der Waals surface area contributed by atoms with Crippen LogP contribution in [0, 0.1) is 5.82 Å². The van der Waals surface area contributed by atoms with E-state index in [9.17, 15) is 9.18 Å². The monoisotopic (exact) mass is 507 g/mol. The zero-order valence-electron chi connectivity index (χ0n) is 22.4. The molecule has 0 spiro atoms. The molecule has 0 aliphatic carbocycles. The van der Waals surface area contributed by atoms with Gasteiger partial charge in [-0.2, -0.15) is 0 Å². The molecular weight excluding hydrogens is 469 g/mol. The molecule has 2 aromatic carbocycles. The van der Waals surface area contributed by atoms with Crippen LogP contribution >= 0.6 is 0 Å². The predicted octanol–water partition coefficient (Wildman–Crippen LogP) is 4.83. The zero-order chi connectivity index (χ0) is 26.2. The van der Waals surface area contributed by atoms with Gasteiger partial charge in [0, 0.05) is 35.9 Å². The Kier molecular flexibility index (Phi) is 7.12. The first kappa shape index (κ1) is 25.5. The summed E-state index contributed by atoms with van der Waals surface area (Å²) in [4.78, 5) is 23.0. The molecule has 3 aromatic rings. The van der Waals surface area contributed by atoms with E-state index in [2.05, 4.69) is 33.3 Å². The second-order valence-corrected chi connectivity index (χ2v) is 11.3. The Morgan fingerprint density at radius 3 is 2.49 bits per heavy atom. The van der Waals surface area contributed by atoms with Gasteiger partial charge in [0.15, 0.2) is 11.6 Å². The Labute approximate surface area is 218 Å². The lowest BCUT2D eigenvalue weighted by Crippen LogP contribution is -2.43. The van der Waals surface area contributed by atoms with Crippen molar-refractivity contribution in [1.82, 2.24) is 19.8 Å². The molecule has 0 atom stereocenters. The fourth-order valence-corrected chi connectivity index (χ4v) is 5.69. The molecule has 5 rings (SSSR count). The number of hydrogen-bond donors (Lipinski definition) is 1. The van der Waals surface area contributed by atoms with Crippen LogP contribution in [-0.4, -0.2) is 65.2 Å². The molecule has 2 aliphatic rings. The van der Waals surface area contributed by atoms with Gasteiger partial charge in [0.2, 0.25) is 5.91 Å². The van der Waals surface area contributed by atoms with E-state index in [0.29, 0.717) is 17.4 Å². The van der Waals surface area contributed by atoms with Crippen LogP contribution in [0.4, 0.5) is 10.1 Å². The van der Waals surface area contributed by atoms with Gasteiger partial charge in [-0.05, 0) is 95.9 Å². The molecule has 3 heterocycles. The van der Waals surface area contributed by atoms with E-state index in [-0.39, 0.29) is 23.7 Å². The standard InChI is InChI=1S/C29H38FN5O2/c1-29(2,3)32-27(36)19-35-25-10-8-22(34-15-11-21(12-16-34)33-13-5-6-14-33)18-24(25)31-28(35)20-7-9-23(30)26(17-20)37-4/h7-10,17-18,21H,5-6,11-16,19H2,1-4H3,(H,32,36). The van der Waals surface area contributed by atoms with Crippen LogP contribution in [-0.2, 0) is 11.3 Å². The van der Waals surface area contributed by atoms with Crippen molar-refractivity contribution in [2.24, 2.45) is 0 Å². The van der Waals surface area contributed by atoms with E-state index in [1.165, 1.54) is 51.9 Å². The largest absolute Gasteiger partial charge is 0.494 e. The van der Waals surface area contributed by atoms with E-state index in [1.807, 2.05) is 25.3 Å². The highest BCUT2D eigenvalue weighted by Crippen LogP contribution is 2.32. The molecule has 2 aliphatic heterocycles. The Hall–Kier alpha value is -3.13. The van der Waals surface area contributed by atoms with E-state index in [4.69, 9.17) is 9.72 Å². The quantitative estimate of drug-likeness (QED) is 0.518. The number of aromatic nitrogens is 2. The summed E-state index contributed by atoms with van der Waals surface area (Å²) in [5.41, 5.74) is 3.20. The predicted molar refractivity (Wildman–Crippen MR) is 146 cm³/mol. The zero-order valence-corrected chi connectivity index (χ0v) is 22.4. The molecule has 0 saturated carbocycles. The summed E-state index contributed by atoms with van der Waals surface area (Å²) in [7, 11) is 1.45. The number of amides is 1. The smallest absolute Gasteiger partial charge is 0.240 e. The van der Waals surface area contributed by atoms with E-state index in [1.54, 1.807) is 12.1 Å². The fourth-order valence-electron chi connectivity index (χ4n) is 5.69. The van der Waals surface area contributed by atoms with Crippen molar-refractivity contribution in [1.29, 1.82) is 0 Å². The first-order valence-corrected chi connectivity index (χ1v) is 13.4. The number of ether oxygens (including phenoxy) is 1. The van der Waals surface area contributed by atoms with E-state index in [0.717, 1.165) is 29.8 Å². The van der Waals surface area contributed by atoms with Crippen LogP contribution in [0.1, 0.15) is 46.5 Å². The van der Waals surface area contributed by atoms with E-state index < -0.39 is 5.82 Å². The minimum Gasteiger partial charge on any atom is -0.494 e. The van der Waals surface area contributed by atoms with Crippen LogP contribution in [0.5, 0.6) is 5.75 Å². The Morgan fingerprint density at radius 2 is 1.81 bits per heavy atom. The first-order valence-electron chi connectivity index (χ1n) is 13.4. The normalized spacial score (nSPS) is 17.5. The number of carbonyl (C=O) groups is 1. The van der Waals surface area contributed by atoms with Crippen molar-refractivity contribution < 1.29 is 13.9 Å². The van der Waals surface area contributed by atoms with Crippen LogP contribution in [0.2, 0.25) is 0 Å². The van der Waals surface area contributed by atoms with Gasteiger partial charge in [0.1, 0.15) is 12.4 Å². The van der Waals surface area contributed by atoms with Crippen molar-refractivity contribution in [2.45, 2.75) is 64.6 Å². The molecule has 1 N–H and O–H groups in total. The van der Waals surface area contributed by atoms with Crippen LogP contribution in [0.25, 0.3) is 22.4 Å². The molecule has 7 nitrogen and oxygen atoms in total. The Bertz CT molecular complexity index is 1270. The van der Waals surface area contributed by atoms with Gasteiger partial charge in [-0.3, -0.25) is 4.79 Å². The number of rotatable bonds is 6. The topological polar surface area (TPSA) is 62.6 Å². The number of benzene rings is 2. The average Bonchev–Trinajstić information content (AvgIpc) is 3.52. The molecule has 0 unspecified atom stereocenters. The molecule has 0 bridgehead atoms. The maximum absolute atomic E-state index is 14.1. The number of nitrogens with zero attached hydrogens (tertiary/aromatic N) is 4. The summed E-state index contributed by atoms with van der Waals surface area (Å²) < 4.78 is 21.3. The summed E-state index contributed by atoms with van der Waals surface area (Å²) in [6, 6.07) is 11.7. The van der Waals surface area contributed by atoms with Gasteiger partial charge < -0.3 is 24.4 Å². The summed E-state index contributed by atoms with van der Waals surface area (Å²) in [6.07, 6.45) is 5.02. The van der Waals surface area contributed by atoms with E-state index >= 15 is 0 Å². The summed E-state index contributed by atoms with van der Waals surface area (Å²) in [6.45, 7) is 10.5. The summed E-state index contributed by atoms with van der Waals surface area (Å²) >= 11 is 0. The molecule has 198 valence electrons. The second kappa shape index (κ2) is 10.3. The van der Waals surface area contributed by atoms with Crippen LogP contribution < -0.4 is 15.0 Å². The maximum Gasteiger partial charge on any atom is 0.240 e. The van der Waals surface area contributed by atoms with Gasteiger partial charge in [-0.1, -0.05) is 0 Å². The third kappa shape index (κ3) is 5.59. The van der Waals surface area contributed by atoms with Crippen molar-refractivity contribution in [3.63, 3.8) is 0 Å². The van der Waals surface area contributed by atoms with Crippen molar-refractivity contribution >= 4 is 22.6 Å². The third-order valence-corrected chi connectivity index (χ3v) is 7.44. The second-order valence-electron chi connectivity index (χ2n) is 11.3. The van der Waals surface area contributed by atoms with Crippen molar-refractivity contribution in [2.75, 3.05) is 38.2 Å². The lowest BCUT2D eigenvalue weighted by molar-refractivity contribution is -0.123.